The summed E-state index contributed by atoms with van der Waals surface area (Å²) in [5, 5.41) is 3.45. The van der Waals surface area contributed by atoms with Crippen LogP contribution in [0.25, 0.3) is 0 Å². The summed E-state index contributed by atoms with van der Waals surface area (Å²) in [5.41, 5.74) is 1.21. The lowest BCUT2D eigenvalue weighted by molar-refractivity contribution is 0.354. The van der Waals surface area contributed by atoms with Crippen LogP contribution in [0.4, 0.5) is 0 Å². The third kappa shape index (κ3) is 7.94. The Balaban J connectivity index is 0.00000576. The maximum atomic E-state index is 5.36. The zero-order valence-corrected chi connectivity index (χ0v) is 19.5. The van der Waals surface area contributed by atoms with E-state index in [-0.39, 0.29) is 28.7 Å². The highest BCUT2D eigenvalue weighted by Gasteiger charge is 2.17. The largest absolute Gasteiger partial charge is 0.493 e. The van der Waals surface area contributed by atoms with Gasteiger partial charge in [0.2, 0.25) is 0 Å². The van der Waals surface area contributed by atoms with Gasteiger partial charge < -0.3 is 19.7 Å². The average Bonchev–Trinajstić information content (AvgIpc) is 2.59. The monoisotopic (exact) mass is 481 g/mol. The first-order chi connectivity index (χ1) is 11.4. The molecule has 0 saturated carbocycles. The van der Waals surface area contributed by atoms with Crippen molar-refractivity contribution in [2.45, 2.75) is 25.0 Å². The fraction of sp³-hybridized carbons (Fsp3) is 0.611. The number of hydrogen-bond acceptors (Lipinski definition) is 4. The second-order valence-electron chi connectivity index (χ2n) is 6.23. The van der Waals surface area contributed by atoms with Gasteiger partial charge in [0.25, 0.3) is 0 Å². The molecule has 0 amide bonds. The van der Waals surface area contributed by atoms with E-state index in [2.05, 4.69) is 48.4 Å². The van der Waals surface area contributed by atoms with Gasteiger partial charge in [-0.05, 0) is 44.2 Å². The first kappa shape index (κ1) is 24.2. The van der Waals surface area contributed by atoms with Crippen molar-refractivity contribution in [1.82, 2.24) is 10.2 Å². The van der Waals surface area contributed by atoms with Crippen molar-refractivity contribution in [3.63, 3.8) is 0 Å². The lowest BCUT2D eigenvalue weighted by Crippen LogP contribution is -2.44. The summed E-state index contributed by atoms with van der Waals surface area (Å²) in [6, 6.07) is 6.05. The van der Waals surface area contributed by atoms with Gasteiger partial charge in [0.1, 0.15) is 0 Å². The van der Waals surface area contributed by atoms with Gasteiger partial charge in [-0.1, -0.05) is 6.07 Å². The van der Waals surface area contributed by atoms with Crippen LogP contribution < -0.4 is 14.8 Å². The van der Waals surface area contributed by atoms with Gasteiger partial charge in [-0.25, -0.2) is 0 Å². The van der Waals surface area contributed by atoms with E-state index in [1.807, 2.05) is 30.9 Å². The Hall–Kier alpha value is -0.830. The van der Waals surface area contributed by atoms with Crippen LogP contribution >= 0.6 is 35.7 Å². The van der Waals surface area contributed by atoms with Crippen LogP contribution in [0.5, 0.6) is 11.5 Å². The lowest BCUT2D eigenvalue weighted by atomic mass is 10.1. The van der Waals surface area contributed by atoms with Crippen molar-refractivity contribution >= 4 is 41.7 Å². The van der Waals surface area contributed by atoms with Gasteiger partial charge >= 0.3 is 0 Å². The molecule has 1 N–H and O–H groups in total. The zero-order valence-electron chi connectivity index (χ0n) is 16.4. The maximum Gasteiger partial charge on any atom is 0.193 e. The zero-order chi connectivity index (χ0) is 18.2. The molecule has 5 nitrogen and oxygen atoms in total. The Morgan fingerprint density at radius 1 is 1.24 bits per heavy atom. The van der Waals surface area contributed by atoms with Crippen molar-refractivity contribution in [3.8, 4) is 11.5 Å². The average molecular weight is 481 g/mol. The first-order valence-electron chi connectivity index (χ1n) is 8.04. The highest BCUT2D eigenvalue weighted by atomic mass is 127. The normalized spacial score (nSPS) is 11.6. The van der Waals surface area contributed by atoms with E-state index in [1.54, 1.807) is 14.2 Å². The van der Waals surface area contributed by atoms with E-state index in [0.717, 1.165) is 37.0 Å². The molecule has 0 aliphatic heterocycles. The molecule has 0 aliphatic rings. The van der Waals surface area contributed by atoms with E-state index >= 15 is 0 Å². The number of methoxy groups -OCH3 is 2. The van der Waals surface area contributed by atoms with Gasteiger partial charge in [0.15, 0.2) is 17.5 Å². The molecule has 7 heteroatoms. The smallest absolute Gasteiger partial charge is 0.193 e. The van der Waals surface area contributed by atoms with Crippen molar-refractivity contribution in [3.05, 3.63) is 23.8 Å². The summed E-state index contributed by atoms with van der Waals surface area (Å²) in [4.78, 5) is 6.52. The molecule has 0 aromatic heterocycles. The van der Waals surface area contributed by atoms with E-state index in [4.69, 9.17) is 9.47 Å². The number of hydrogen-bond donors (Lipinski definition) is 1. The second-order valence-corrected chi connectivity index (χ2v) is 7.74. The predicted molar refractivity (Wildman–Crippen MR) is 120 cm³/mol. The van der Waals surface area contributed by atoms with Crippen LogP contribution in [0, 0.1) is 0 Å². The number of nitrogens with zero attached hydrogens (tertiary/aromatic N) is 2. The molecule has 1 rings (SSSR count). The quantitative estimate of drug-likeness (QED) is 0.350. The topological polar surface area (TPSA) is 46.1 Å². The van der Waals surface area contributed by atoms with E-state index < -0.39 is 0 Å². The van der Waals surface area contributed by atoms with E-state index in [1.165, 1.54) is 5.56 Å². The lowest BCUT2D eigenvalue weighted by Gasteiger charge is -2.27. The number of nitrogens with one attached hydrogen (secondary N) is 1. The molecule has 1 aromatic rings. The predicted octanol–water partition coefficient (Wildman–Crippen LogP) is 3.51. The van der Waals surface area contributed by atoms with Crippen LogP contribution in [-0.2, 0) is 6.42 Å². The summed E-state index contributed by atoms with van der Waals surface area (Å²) >= 11 is 1.85. The van der Waals surface area contributed by atoms with E-state index in [0.29, 0.717) is 0 Å². The molecule has 0 radical (unpaired) electrons. The number of benzene rings is 1. The number of likely N-dealkylation sites (N-methyl/N-ethyl adjacent to an activating group) is 1. The highest BCUT2D eigenvalue weighted by Crippen LogP contribution is 2.27. The molecule has 0 unspecified atom stereocenters. The summed E-state index contributed by atoms with van der Waals surface area (Å²) < 4.78 is 10.8. The van der Waals surface area contributed by atoms with Crippen molar-refractivity contribution in [2.75, 3.05) is 47.7 Å². The Kier molecular flexibility index (Phi) is 11.3. The molecule has 0 bridgehead atoms. The minimum Gasteiger partial charge on any atom is -0.493 e. The minimum atomic E-state index is 0. The molecule has 25 heavy (non-hydrogen) atoms. The molecule has 0 saturated heterocycles. The highest BCUT2D eigenvalue weighted by molar-refractivity contribution is 14.0. The summed E-state index contributed by atoms with van der Waals surface area (Å²) in [6.45, 7) is 6.19. The molecule has 1 aromatic carbocycles. The van der Waals surface area contributed by atoms with Gasteiger partial charge in [0.05, 0.1) is 14.2 Å². The summed E-state index contributed by atoms with van der Waals surface area (Å²) in [6.07, 6.45) is 3.04. The molecule has 0 fully saturated rings. The molecule has 0 spiro atoms. The van der Waals surface area contributed by atoms with Crippen molar-refractivity contribution in [1.29, 1.82) is 0 Å². The number of aliphatic imine (C=N–C) groups is 1. The Morgan fingerprint density at radius 2 is 1.88 bits per heavy atom. The van der Waals surface area contributed by atoms with Gasteiger partial charge in [0, 0.05) is 31.9 Å². The number of halogens is 1. The number of guanidine groups is 1. The molecule has 144 valence electrons. The van der Waals surface area contributed by atoms with Gasteiger partial charge in [-0.15, -0.1) is 24.0 Å². The third-order valence-corrected chi connectivity index (χ3v) is 5.23. The van der Waals surface area contributed by atoms with Crippen molar-refractivity contribution < 1.29 is 9.47 Å². The van der Waals surface area contributed by atoms with Crippen LogP contribution in [0.3, 0.4) is 0 Å². The molecular weight excluding hydrogens is 449 g/mol. The summed E-state index contributed by atoms with van der Waals surface area (Å²) in [7, 11) is 7.19. The Labute approximate surface area is 174 Å². The Bertz CT molecular complexity index is 553. The van der Waals surface area contributed by atoms with Crippen LogP contribution in [0.15, 0.2) is 23.2 Å². The van der Waals surface area contributed by atoms with E-state index in [9.17, 15) is 0 Å². The number of ether oxygens (including phenoxy) is 2. The molecule has 0 atom stereocenters. The Morgan fingerprint density at radius 3 is 2.40 bits per heavy atom. The number of rotatable bonds is 8. The van der Waals surface area contributed by atoms with Crippen LogP contribution in [0.1, 0.15) is 19.4 Å². The fourth-order valence-electron chi connectivity index (χ4n) is 2.19. The summed E-state index contributed by atoms with van der Waals surface area (Å²) in [5.74, 6) is 2.44. The first-order valence-corrected chi connectivity index (χ1v) is 9.27. The molecule has 0 aliphatic carbocycles. The van der Waals surface area contributed by atoms with Gasteiger partial charge in [-0.2, -0.15) is 11.8 Å². The third-order valence-electron chi connectivity index (χ3n) is 3.98. The molecular formula is C18H32IN3O2S. The van der Waals surface area contributed by atoms with Crippen molar-refractivity contribution in [2.24, 2.45) is 4.99 Å². The SMILES string of the molecule is CN=C(NCC(C)(C)SC)N(C)CCc1ccc(OC)c(OC)c1.I. The minimum absolute atomic E-state index is 0. The second kappa shape index (κ2) is 11.7. The molecule has 0 heterocycles. The maximum absolute atomic E-state index is 5.36. The van der Waals surface area contributed by atoms with Gasteiger partial charge in [-0.3, -0.25) is 4.99 Å². The number of thioether (sulfide) groups is 1. The fourth-order valence-corrected chi connectivity index (χ4v) is 2.40. The standard InChI is InChI=1S/C18H31N3O2S.HI/c1-18(2,24-7)13-20-17(19-3)21(4)11-10-14-8-9-15(22-5)16(12-14)23-6;/h8-9,12H,10-11,13H2,1-7H3,(H,19,20);1H. The van der Waals surface area contributed by atoms with Crippen LogP contribution in [0.2, 0.25) is 0 Å². The van der Waals surface area contributed by atoms with Crippen LogP contribution in [-0.4, -0.2) is 63.3 Å².